The second kappa shape index (κ2) is 6.56. The highest BCUT2D eigenvalue weighted by atomic mass is 16.5. The number of carbonyl (C=O) groups is 1. The molecule has 1 unspecified atom stereocenters. The van der Waals surface area contributed by atoms with E-state index in [9.17, 15) is 4.79 Å². The third-order valence-corrected chi connectivity index (χ3v) is 3.06. The number of hydrogen-bond acceptors (Lipinski definition) is 5. The van der Waals surface area contributed by atoms with E-state index in [1.54, 1.807) is 0 Å². The van der Waals surface area contributed by atoms with Gasteiger partial charge in [0.1, 0.15) is 5.76 Å². The number of likely N-dealkylation sites (N-methyl/N-ethyl adjacent to an activating group) is 1. The van der Waals surface area contributed by atoms with E-state index < -0.39 is 5.97 Å². The van der Waals surface area contributed by atoms with Crippen LogP contribution in [0.2, 0.25) is 0 Å². The van der Waals surface area contributed by atoms with Crippen molar-refractivity contribution in [2.45, 2.75) is 26.8 Å². The summed E-state index contributed by atoms with van der Waals surface area (Å²) < 4.78 is 10.2. The Labute approximate surface area is 107 Å². The third-order valence-electron chi connectivity index (χ3n) is 3.06. The minimum atomic E-state index is -0.462. The lowest BCUT2D eigenvalue weighted by Gasteiger charge is -2.25. The van der Waals surface area contributed by atoms with Crippen LogP contribution in [0.15, 0.2) is 10.5 Å². The number of aliphatic hydroxyl groups excluding tert-OH is 1. The summed E-state index contributed by atoms with van der Waals surface area (Å²) in [5, 5.41) is 9.00. The van der Waals surface area contributed by atoms with Crippen LogP contribution >= 0.6 is 0 Å². The zero-order valence-corrected chi connectivity index (χ0v) is 11.4. The summed E-state index contributed by atoms with van der Waals surface area (Å²) in [7, 11) is 1.33. The standard InChI is InChI=1S/C13H21NO4/c1-5-14(6-7-15)10(3)11-8-9(2)12(18-11)13(16)17-4/h8,10,15H,5-7H2,1-4H3. The second-order valence-corrected chi connectivity index (χ2v) is 4.18. The van der Waals surface area contributed by atoms with E-state index in [2.05, 4.69) is 9.64 Å². The van der Waals surface area contributed by atoms with Crippen molar-refractivity contribution in [1.29, 1.82) is 0 Å². The molecule has 0 spiro atoms. The van der Waals surface area contributed by atoms with Gasteiger partial charge in [0.15, 0.2) is 0 Å². The number of rotatable bonds is 6. The highest BCUT2D eigenvalue weighted by Crippen LogP contribution is 2.25. The van der Waals surface area contributed by atoms with Gasteiger partial charge in [0.2, 0.25) is 5.76 Å². The van der Waals surface area contributed by atoms with Crippen LogP contribution in [0.5, 0.6) is 0 Å². The van der Waals surface area contributed by atoms with Gasteiger partial charge in [-0.3, -0.25) is 4.90 Å². The fourth-order valence-electron chi connectivity index (χ4n) is 1.94. The van der Waals surface area contributed by atoms with Crippen molar-refractivity contribution in [2.24, 2.45) is 0 Å². The maximum absolute atomic E-state index is 11.5. The van der Waals surface area contributed by atoms with Crippen molar-refractivity contribution in [2.75, 3.05) is 26.8 Å². The Morgan fingerprint density at radius 1 is 1.61 bits per heavy atom. The Morgan fingerprint density at radius 2 is 2.28 bits per heavy atom. The largest absolute Gasteiger partial charge is 0.463 e. The van der Waals surface area contributed by atoms with Gasteiger partial charge in [-0.2, -0.15) is 0 Å². The van der Waals surface area contributed by atoms with Gasteiger partial charge in [-0.1, -0.05) is 6.92 Å². The van der Waals surface area contributed by atoms with E-state index >= 15 is 0 Å². The predicted molar refractivity (Wildman–Crippen MR) is 67.5 cm³/mol. The van der Waals surface area contributed by atoms with Gasteiger partial charge in [-0.25, -0.2) is 4.79 Å². The van der Waals surface area contributed by atoms with Gasteiger partial charge < -0.3 is 14.3 Å². The number of nitrogens with zero attached hydrogens (tertiary/aromatic N) is 1. The molecule has 18 heavy (non-hydrogen) atoms. The Bertz CT molecular complexity index is 400. The average Bonchev–Trinajstić information content (AvgIpc) is 2.76. The first-order valence-electron chi connectivity index (χ1n) is 6.08. The maximum atomic E-state index is 11.5. The molecule has 1 aromatic heterocycles. The van der Waals surface area contributed by atoms with Gasteiger partial charge in [0, 0.05) is 12.1 Å². The van der Waals surface area contributed by atoms with Crippen LogP contribution in [0.25, 0.3) is 0 Å². The molecular weight excluding hydrogens is 234 g/mol. The van der Waals surface area contributed by atoms with Crippen molar-refractivity contribution in [3.8, 4) is 0 Å². The molecule has 0 aliphatic rings. The zero-order chi connectivity index (χ0) is 13.7. The van der Waals surface area contributed by atoms with Crippen LogP contribution in [0.4, 0.5) is 0 Å². The van der Waals surface area contributed by atoms with Crippen LogP contribution < -0.4 is 0 Å². The number of esters is 1. The normalized spacial score (nSPS) is 12.8. The van der Waals surface area contributed by atoms with E-state index in [4.69, 9.17) is 9.52 Å². The Kier molecular flexibility index (Phi) is 5.37. The van der Waals surface area contributed by atoms with E-state index in [0.717, 1.165) is 12.1 Å². The minimum absolute atomic E-state index is 0.0132. The number of aliphatic hydroxyl groups is 1. The third kappa shape index (κ3) is 3.11. The first-order chi connectivity index (χ1) is 8.54. The van der Waals surface area contributed by atoms with Crippen LogP contribution in [0.3, 0.4) is 0 Å². The molecule has 0 bridgehead atoms. The molecule has 0 aromatic carbocycles. The number of furan rings is 1. The molecule has 0 fully saturated rings. The smallest absolute Gasteiger partial charge is 0.374 e. The second-order valence-electron chi connectivity index (χ2n) is 4.18. The number of methoxy groups -OCH3 is 1. The van der Waals surface area contributed by atoms with Crippen molar-refractivity contribution < 1.29 is 19.1 Å². The molecule has 1 N–H and O–H groups in total. The Morgan fingerprint density at radius 3 is 2.78 bits per heavy atom. The highest BCUT2D eigenvalue weighted by Gasteiger charge is 2.22. The lowest BCUT2D eigenvalue weighted by Crippen LogP contribution is -2.29. The fourth-order valence-corrected chi connectivity index (χ4v) is 1.94. The predicted octanol–water partition coefficient (Wildman–Crippen LogP) is 1.75. The number of carbonyl (C=O) groups excluding carboxylic acids is 1. The molecule has 0 aliphatic heterocycles. The SMILES string of the molecule is CCN(CCO)C(C)c1cc(C)c(C(=O)OC)o1. The van der Waals surface area contributed by atoms with E-state index in [0.29, 0.717) is 12.3 Å². The number of ether oxygens (including phenoxy) is 1. The highest BCUT2D eigenvalue weighted by molar-refractivity contribution is 5.87. The van der Waals surface area contributed by atoms with E-state index in [-0.39, 0.29) is 18.4 Å². The van der Waals surface area contributed by atoms with E-state index in [1.807, 2.05) is 26.8 Å². The number of hydrogen-bond donors (Lipinski definition) is 1. The maximum Gasteiger partial charge on any atom is 0.374 e. The van der Waals surface area contributed by atoms with Gasteiger partial charge in [-0.05, 0) is 26.5 Å². The molecule has 0 amide bonds. The summed E-state index contributed by atoms with van der Waals surface area (Å²) in [5.74, 6) is 0.499. The summed E-state index contributed by atoms with van der Waals surface area (Å²) in [5.41, 5.74) is 0.767. The van der Waals surface area contributed by atoms with Crippen LogP contribution in [-0.2, 0) is 4.74 Å². The van der Waals surface area contributed by atoms with Crippen LogP contribution in [-0.4, -0.2) is 42.8 Å². The first kappa shape index (κ1) is 14.7. The molecule has 0 radical (unpaired) electrons. The summed E-state index contributed by atoms with van der Waals surface area (Å²) in [6.45, 7) is 7.29. The van der Waals surface area contributed by atoms with Gasteiger partial charge in [0.05, 0.1) is 19.8 Å². The zero-order valence-electron chi connectivity index (χ0n) is 11.4. The lowest BCUT2D eigenvalue weighted by atomic mass is 10.2. The van der Waals surface area contributed by atoms with E-state index in [1.165, 1.54) is 7.11 Å². The molecular formula is C13H21NO4. The molecule has 0 aliphatic carbocycles. The number of aryl methyl sites for hydroxylation is 1. The van der Waals surface area contributed by atoms with Gasteiger partial charge in [-0.15, -0.1) is 0 Å². The average molecular weight is 255 g/mol. The molecule has 5 heteroatoms. The minimum Gasteiger partial charge on any atom is -0.463 e. The summed E-state index contributed by atoms with van der Waals surface area (Å²) >= 11 is 0. The molecule has 1 atom stereocenters. The monoisotopic (exact) mass is 255 g/mol. The molecule has 1 heterocycles. The Balaban J connectivity index is 2.92. The molecule has 102 valence electrons. The first-order valence-corrected chi connectivity index (χ1v) is 6.08. The Hall–Kier alpha value is -1.33. The van der Waals surface area contributed by atoms with Crippen molar-refractivity contribution in [3.05, 3.63) is 23.2 Å². The topological polar surface area (TPSA) is 62.9 Å². The van der Waals surface area contributed by atoms with Crippen molar-refractivity contribution in [3.63, 3.8) is 0 Å². The van der Waals surface area contributed by atoms with Crippen molar-refractivity contribution in [1.82, 2.24) is 4.90 Å². The van der Waals surface area contributed by atoms with Gasteiger partial charge >= 0.3 is 5.97 Å². The van der Waals surface area contributed by atoms with Crippen LogP contribution in [0.1, 0.15) is 41.8 Å². The molecule has 0 saturated carbocycles. The molecule has 0 saturated heterocycles. The van der Waals surface area contributed by atoms with Crippen LogP contribution in [0, 0.1) is 6.92 Å². The van der Waals surface area contributed by atoms with Crippen molar-refractivity contribution >= 4 is 5.97 Å². The quantitative estimate of drug-likeness (QED) is 0.785. The summed E-state index contributed by atoms with van der Waals surface area (Å²) in [4.78, 5) is 13.5. The fraction of sp³-hybridized carbons (Fsp3) is 0.615. The molecule has 1 rings (SSSR count). The molecule has 1 aromatic rings. The summed E-state index contributed by atoms with van der Waals surface area (Å²) in [6.07, 6.45) is 0. The molecule has 5 nitrogen and oxygen atoms in total. The summed E-state index contributed by atoms with van der Waals surface area (Å²) in [6, 6.07) is 1.86. The lowest BCUT2D eigenvalue weighted by molar-refractivity contribution is 0.0557. The van der Waals surface area contributed by atoms with Gasteiger partial charge in [0.25, 0.3) is 0 Å².